The molecule has 0 aliphatic rings. The quantitative estimate of drug-likeness (QED) is 0.788. The van der Waals surface area contributed by atoms with Crippen molar-refractivity contribution in [1.29, 1.82) is 0 Å². The monoisotopic (exact) mass is 367 g/mol. The van der Waals surface area contributed by atoms with Gasteiger partial charge < -0.3 is 10.1 Å². The molecule has 112 valence electrons. The fourth-order valence-electron chi connectivity index (χ4n) is 2.24. The van der Waals surface area contributed by atoms with Crippen molar-refractivity contribution in [3.8, 4) is 5.75 Å². The number of ether oxygens (including phenoxy) is 1. The van der Waals surface area contributed by atoms with E-state index in [9.17, 15) is 0 Å². The number of hydrogen-bond acceptors (Lipinski definition) is 2. The van der Waals surface area contributed by atoms with Crippen molar-refractivity contribution < 1.29 is 4.74 Å². The van der Waals surface area contributed by atoms with Gasteiger partial charge in [0.2, 0.25) is 0 Å². The maximum absolute atomic E-state index is 6.20. The van der Waals surface area contributed by atoms with E-state index in [1.54, 1.807) is 7.11 Å². The molecule has 0 aliphatic heterocycles. The van der Waals surface area contributed by atoms with Crippen LogP contribution in [0.5, 0.6) is 5.75 Å². The Morgan fingerprint density at radius 2 is 1.95 bits per heavy atom. The molecule has 0 aromatic heterocycles. The lowest BCUT2D eigenvalue weighted by Crippen LogP contribution is -2.27. The van der Waals surface area contributed by atoms with Crippen molar-refractivity contribution in [2.75, 3.05) is 7.11 Å². The van der Waals surface area contributed by atoms with Gasteiger partial charge in [-0.05, 0) is 43.2 Å². The van der Waals surface area contributed by atoms with Crippen LogP contribution in [0.3, 0.4) is 0 Å². The Morgan fingerprint density at radius 3 is 2.67 bits per heavy atom. The second-order valence-corrected chi connectivity index (χ2v) is 6.36. The van der Waals surface area contributed by atoms with Crippen LogP contribution >= 0.6 is 27.5 Å². The Hall–Kier alpha value is -1.03. The zero-order valence-electron chi connectivity index (χ0n) is 12.2. The van der Waals surface area contributed by atoms with Gasteiger partial charge in [0, 0.05) is 27.6 Å². The van der Waals surface area contributed by atoms with Crippen LogP contribution < -0.4 is 10.1 Å². The predicted octanol–water partition coefficient (Wildman–Crippen LogP) is 4.83. The van der Waals surface area contributed by atoms with Crippen LogP contribution in [-0.2, 0) is 13.0 Å². The molecule has 0 bridgehead atoms. The maximum Gasteiger partial charge on any atom is 0.123 e. The molecule has 1 unspecified atom stereocenters. The first-order valence-electron chi connectivity index (χ1n) is 6.89. The lowest BCUT2D eigenvalue weighted by atomic mass is 10.1. The summed E-state index contributed by atoms with van der Waals surface area (Å²) in [7, 11) is 1.69. The van der Waals surface area contributed by atoms with Crippen molar-refractivity contribution in [3.05, 3.63) is 63.1 Å². The van der Waals surface area contributed by atoms with Gasteiger partial charge in [-0.1, -0.05) is 45.7 Å². The molecule has 0 spiro atoms. The molecule has 0 amide bonds. The largest absolute Gasteiger partial charge is 0.496 e. The van der Waals surface area contributed by atoms with Crippen LogP contribution in [0, 0.1) is 0 Å². The predicted molar refractivity (Wildman–Crippen MR) is 92.2 cm³/mol. The van der Waals surface area contributed by atoms with E-state index in [0.717, 1.165) is 33.8 Å². The Balaban J connectivity index is 1.97. The lowest BCUT2D eigenvalue weighted by molar-refractivity contribution is 0.405. The maximum atomic E-state index is 6.20. The van der Waals surface area contributed by atoms with Gasteiger partial charge in [0.05, 0.1) is 7.11 Å². The van der Waals surface area contributed by atoms with Gasteiger partial charge in [0.25, 0.3) is 0 Å². The van der Waals surface area contributed by atoms with Crippen LogP contribution in [0.4, 0.5) is 0 Å². The topological polar surface area (TPSA) is 21.3 Å². The molecular formula is C17H19BrClNO. The lowest BCUT2D eigenvalue weighted by Gasteiger charge is -2.16. The first-order chi connectivity index (χ1) is 10.1. The summed E-state index contributed by atoms with van der Waals surface area (Å²) in [6.07, 6.45) is 0.899. The fourth-order valence-corrected chi connectivity index (χ4v) is 2.86. The van der Waals surface area contributed by atoms with E-state index in [1.807, 2.05) is 30.3 Å². The highest BCUT2D eigenvalue weighted by atomic mass is 79.9. The molecule has 0 radical (unpaired) electrons. The molecule has 2 aromatic carbocycles. The first kappa shape index (κ1) is 16.3. The third-order valence-corrected chi connectivity index (χ3v) is 4.23. The van der Waals surface area contributed by atoms with Crippen LogP contribution in [0.25, 0.3) is 0 Å². The van der Waals surface area contributed by atoms with Gasteiger partial charge in [-0.2, -0.15) is 0 Å². The zero-order chi connectivity index (χ0) is 15.2. The number of methoxy groups -OCH3 is 1. The van der Waals surface area contributed by atoms with Crippen LogP contribution in [-0.4, -0.2) is 13.2 Å². The average molecular weight is 369 g/mol. The summed E-state index contributed by atoms with van der Waals surface area (Å²) >= 11 is 9.70. The van der Waals surface area contributed by atoms with Gasteiger partial charge in [0.15, 0.2) is 0 Å². The van der Waals surface area contributed by atoms with Gasteiger partial charge in [-0.3, -0.25) is 0 Å². The molecule has 1 atom stereocenters. The van der Waals surface area contributed by atoms with E-state index in [0.29, 0.717) is 6.04 Å². The molecule has 21 heavy (non-hydrogen) atoms. The molecule has 2 aromatic rings. The van der Waals surface area contributed by atoms with Crippen molar-refractivity contribution in [2.45, 2.75) is 25.9 Å². The van der Waals surface area contributed by atoms with Gasteiger partial charge >= 0.3 is 0 Å². The van der Waals surface area contributed by atoms with Gasteiger partial charge in [-0.25, -0.2) is 0 Å². The molecule has 0 saturated carbocycles. The van der Waals surface area contributed by atoms with Crippen LogP contribution in [0.2, 0.25) is 5.02 Å². The third-order valence-electron chi connectivity index (χ3n) is 3.37. The Labute approximate surface area is 139 Å². The standard InChI is InChI=1S/C17H19BrClNO/c1-12(9-13-5-3-4-6-16(13)19)20-11-14-10-15(18)7-8-17(14)21-2/h3-8,10,12,20H,9,11H2,1-2H3. The van der Waals surface area contributed by atoms with E-state index < -0.39 is 0 Å². The number of halogens is 2. The summed E-state index contributed by atoms with van der Waals surface area (Å²) < 4.78 is 6.44. The van der Waals surface area contributed by atoms with E-state index in [4.69, 9.17) is 16.3 Å². The van der Waals surface area contributed by atoms with Crippen molar-refractivity contribution in [2.24, 2.45) is 0 Å². The number of rotatable bonds is 6. The third kappa shape index (κ3) is 4.73. The summed E-state index contributed by atoms with van der Waals surface area (Å²) in [4.78, 5) is 0. The van der Waals surface area contributed by atoms with E-state index in [2.05, 4.69) is 40.3 Å². The van der Waals surface area contributed by atoms with Crippen LogP contribution in [0.15, 0.2) is 46.9 Å². The Bertz CT molecular complexity index is 603. The molecule has 0 heterocycles. The summed E-state index contributed by atoms with van der Waals surface area (Å²) in [6, 6.07) is 14.3. The minimum absolute atomic E-state index is 0.327. The molecule has 2 rings (SSSR count). The molecule has 0 saturated heterocycles. The summed E-state index contributed by atoms with van der Waals surface area (Å²) in [6.45, 7) is 2.92. The van der Waals surface area contributed by atoms with Crippen molar-refractivity contribution in [1.82, 2.24) is 5.32 Å². The SMILES string of the molecule is COc1ccc(Br)cc1CNC(C)Cc1ccccc1Cl. The fraction of sp³-hybridized carbons (Fsp3) is 0.294. The summed E-state index contributed by atoms with van der Waals surface area (Å²) in [5, 5.41) is 4.34. The molecule has 2 nitrogen and oxygen atoms in total. The molecule has 0 aliphatic carbocycles. The minimum atomic E-state index is 0.327. The highest BCUT2D eigenvalue weighted by Gasteiger charge is 2.08. The van der Waals surface area contributed by atoms with Crippen molar-refractivity contribution >= 4 is 27.5 Å². The first-order valence-corrected chi connectivity index (χ1v) is 8.06. The second-order valence-electron chi connectivity index (χ2n) is 5.03. The summed E-state index contributed by atoms with van der Waals surface area (Å²) in [5.74, 6) is 0.899. The van der Waals surface area contributed by atoms with Gasteiger partial charge in [0.1, 0.15) is 5.75 Å². The molecule has 4 heteroatoms. The van der Waals surface area contributed by atoms with E-state index in [1.165, 1.54) is 5.56 Å². The Kier molecular flexibility index (Phi) is 6.09. The molecule has 1 N–H and O–H groups in total. The Morgan fingerprint density at radius 1 is 1.19 bits per heavy atom. The van der Waals surface area contributed by atoms with E-state index >= 15 is 0 Å². The van der Waals surface area contributed by atoms with Crippen molar-refractivity contribution in [3.63, 3.8) is 0 Å². The smallest absolute Gasteiger partial charge is 0.123 e. The van der Waals surface area contributed by atoms with Gasteiger partial charge in [-0.15, -0.1) is 0 Å². The molecule has 0 fully saturated rings. The average Bonchev–Trinajstić information content (AvgIpc) is 2.48. The minimum Gasteiger partial charge on any atom is -0.496 e. The highest BCUT2D eigenvalue weighted by molar-refractivity contribution is 9.10. The normalized spacial score (nSPS) is 12.2. The zero-order valence-corrected chi connectivity index (χ0v) is 14.5. The highest BCUT2D eigenvalue weighted by Crippen LogP contribution is 2.23. The number of hydrogen-bond donors (Lipinski definition) is 1. The summed E-state index contributed by atoms with van der Waals surface area (Å²) in [5.41, 5.74) is 2.30. The van der Waals surface area contributed by atoms with E-state index in [-0.39, 0.29) is 0 Å². The second kappa shape index (κ2) is 7.83. The number of nitrogens with one attached hydrogen (secondary N) is 1. The molecular weight excluding hydrogens is 350 g/mol. The number of benzene rings is 2. The van der Waals surface area contributed by atoms with Crippen LogP contribution in [0.1, 0.15) is 18.1 Å².